The molecule has 1 saturated heterocycles. The highest BCUT2D eigenvalue weighted by atomic mass is 16.5. The third-order valence-electron chi connectivity index (χ3n) is 4.47. The number of hydrogen-bond donors (Lipinski definition) is 1. The molecule has 0 saturated carbocycles. The first-order valence-corrected chi connectivity index (χ1v) is 7.93. The number of piperidine rings is 1. The van der Waals surface area contributed by atoms with Gasteiger partial charge in [0.25, 0.3) is 5.91 Å². The maximum Gasteiger partial charge on any atom is 0.283 e. The molecule has 0 spiro atoms. The zero-order chi connectivity index (χ0) is 15.5. The number of carbonyl (C=O) groups excluding carboxylic acids is 1. The van der Waals surface area contributed by atoms with Gasteiger partial charge in [0, 0.05) is 12.1 Å². The molecule has 1 aromatic rings. The van der Waals surface area contributed by atoms with Crippen LogP contribution in [-0.4, -0.2) is 29.7 Å². The number of quaternary nitrogens is 1. The van der Waals surface area contributed by atoms with E-state index in [9.17, 15) is 10.0 Å². The van der Waals surface area contributed by atoms with E-state index in [0.717, 1.165) is 36.1 Å². The van der Waals surface area contributed by atoms with Crippen LogP contribution in [-0.2, 0) is 4.79 Å². The summed E-state index contributed by atoms with van der Waals surface area (Å²) in [4.78, 5) is 12.6. The van der Waals surface area contributed by atoms with Crippen LogP contribution in [0.5, 0.6) is 0 Å². The quantitative estimate of drug-likeness (QED) is 0.681. The van der Waals surface area contributed by atoms with Gasteiger partial charge in [0.15, 0.2) is 6.04 Å². The molecule has 4 heteroatoms. The van der Waals surface area contributed by atoms with Gasteiger partial charge in [0.2, 0.25) is 0 Å². The van der Waals surface area contributed by atoms with Gasteiger partial charge in [0.1, 0.15) is 0 Å². The second-order valence-corrected chi connectivity index (χ2v) is 6.17. The number of carbonyl (C=O) groups is 1. The molecule has 0 unspecified atom stereocenters. The Labute approximate surface area is 127 Å². The maximum absolute atomic E-state index is 12.9. The molecule has 1 aliphatic heterocycles. The highest BCUT2D eigenvalue weighted by molar-refractivity contribution is 5.95. The van der Waals surface area contributed by atoms with E-state index in [1.54, 1.807) is 0 Å². The minimum absolute atomic E-state index is 0.115. The van der Waals surface area contributed by atoms with Crippen LogP contribution in [0.4, 0.5) is 5.69 Å². The molecule has 2 rings (SSSR count). The van der Waals surface area contributed by atoms with Gasteiger partial charge < -0.3 is 15.2 Å². The number of nitrogens with zero attached hydrogens (tertiary/aromatic N) is 1. The van der Waals surface area contributed by atoms with Crippen LogP contribution in [0, 0.1) is 19.1 Å². The summed E-state index contributed by atoms with van der Waals surface area (Å²) in [5.41, 5.74) is 2.94. The summed E-state index contributed by atoms with van der Waals surface area (Å²) in [7, 11) is 0. The number of hydroxylamine groups is 3. The Balaban J connectivity index is 2.18. The van der Waals surface area contributed by atoms with Gasteiger partial charge in [-0.1, -0.05) is 25.1 Å². The lowest BCUT2D eigenvalue weighted by molar-refractivity contribution is -0.901. The van der Waals surface area contributed by atoms with Crippen molar-refractivity contribution in [3.05, 3.63) is 34.5 Å². The predicted octanol–water partition coefficient (Wildman–Crippen LogP) is 3.52. The van der Waals surface area contributed by atoms with Crippen LogP contribution < -0.4 is 5.32 Å². The molecular weight excluding hydrogens is 264 g/mol. The third kappa shape index (κ3) is 3.44. The van der Waals surface area contributed by atoms with E-state index in [1.165, 1.54) is 0 Å². The Bertz CT molecular complexity index is 491. The van der Waals surface area contributed by atoms with Gasteiger partial charge in [-0.25, -0.2) is 0 Å². The minimum Gasteiger partial charge on any atom is -0.632 e. The molecule has 0 aromatic heterocycles. The normalized spacial score (nSPS) is 25.6. The number of aryl methyl sites for hydroxylation is 2. The van der Waals surface area contributed by atoms with Crippen molar-refractivity contribution < 1.29 is 9.44 Å². The number of hydrogen-bond acceptors (Lipinski definition) is 2. The van der Waals surface area contributed by atoms with Crippen molar-refractivity contribution in [1.82, 2.24) is 0 Å². The van der Waals surface area contributed by atoms with Gasteiger partial charge in [-0.05, 0) is 44.2 Å². The number of benzene rings is 1. The van der Waals surface area contributed by atoms with Gasteiger partial charge in [-0.15, -0.1) is 0 Å². The van der Waals surface area contributed by atoms with Gasteiger partial charge in [-0.2, -0.15) is 0 Å². The van der Waals surface area contributed by atoms with Crippen molar-refractivity contribution in [3.63, 3.8) is 0 Å². The smallest absolute Gasteiger partial charge is 0.283 e. The molecule has 0 radical (unpaired) electrons. The van der Waals surface area contributed by atoms with E-state index < -0.39 is 6.04 Å². The van der Waals surface area contributed by atoms with Crippen LogP contribution in [0.15, 0.2) is 18.2 Å². The van der Waals surface area contributed by atoms with Crippen molar-refractivity contribution in [2.75, 3.05) is 18.4 Å². The maximum atomic E-state index is 12.9. The minimum atomic E-state index is -0.460. The van der Waals surface area contributed by atoms with Gasteiger partial charge in [-0.3, -0.25) is 4.79 Å². The zero-order valence-corrected chi connectivity index (χ0v) is 13.3. The van der Waals surface area contributed by atoms with Crippen molar-refractivity contribution in [2.24, 2.45) is 0 Å². The Morgan fingerprint density at radius 2 is 2.00 bits per heavy atom. The number of anilines is 1. The molecule has 1 N–H and O–H groups in total. The molecule has 4 nitrogen and oxygen atoms in total. The third-order valence-corrected chi connectivity index (χ3v) is 4.47. The van der Waals surface area contributed by atoms with E-state index in [4.69, 9.17) is 0 Å². The summed E-state index contributed by atoms with van der Waals surface area (Å²) < 4.78 is -0.354. The molecule has 116 valence electrons. The summed E-state index contributed by atoms with van der Waals surface area (Å²) in [6, 6.07) is 5.48. The van der Waals surface area contributed by atoms with E-state index in [-0.39, 0.29) is 10.6 Å². The lowest BCUT2D eigenvalue weighted by atomic mass is 9.99. The Morgan fingerprint density at radius 1 is 1.33 bits per heavy atom. The lowest BCUT2D eigenvalue weighted by Gasteiger charge is -2.50. The van der Waals surface area contributed by atoms with Crippen molar-refractivity contribution >= 4 is 11.6 Å². The van der Waals surface area contributed by atoms with Gasteiger partial charge in [0.05, 0.1) is 13.1 Å². The fraction of sp³-hybridized carbons (Fsp3) is 0.588. The SMILES string of the molecule is CCC[N@@+]1([O-])CCCC[C@H]1C(=O)Nc1c(C)cccc1C. The Morgan fingerprint density at radius 3 is 2.62 bits per heavy atom. The molecule has 0 bridgehead atoms. The summed E-state index contributed by atoms with van der Waals surface area (Å²) in [6.45, 7) is 7.07. The molecule has 1 heterocycles. The molecule has 1 amide bonds. The van der Waals surface area contributed by atoms with E-state index in [0.29, 0.717) is 19.5 Å². The number of amides is 1. The lowest BCUT2D eigenvalue weighted by Crippen LogP contribution is -2.58. The van der Waals surface area contributed by atoms with Crippen LogP contribution in [0.2, 0.25) is 0 Å². The first-order chi connectivity index (χ1) is 9.98. The molecule has 21 heavy (non-hydrogen) atoms. The van der Waals surface area contributed by atoms with Crippen LogP contribution in [0.25, 0.3) is 0 Å². The van der Waals surface area contributed by atoms with Crippen LogP contribution in [0.3, 0.4) is 0 Å². The molecule has 2 atom stereocenters. The monoisotopic (exact) mass is 290 g/mol. The van der Waals surface area contributed by atoms with E-state index >= 15 is 0 Å². The first kappa shape index (κ1) is 16.0. The fourth-order valence-corrected chi connectivity index (χ4v) is 3.32. The zero-order valence-electron chi connectivity index (χ0n) is 13.3. The van der Waals surface area contributed by atoms with E-state index in [1.807, 2.05) is 39.0 Å². The number of para-hydroxylation sites is 1. The highest BCUT2D eigenvalue weighted by Gasteiger charge is 2.37. The summed E-state index contributed by atoms with van der Waals surface area (Å²) in [6.07, 6.45) is 3.41. The Kier molecular flexibility index (Phi) is 5.01. The molecular formula is C17H26N2O2. The summed E-state index contributed by atoms with van der Waals surface area (Å²) >= 11 is 0. The largest absolute Gasteiger partial charge is 0.632 e. The average Bonchev–Trinajstić information content (AvgIpc) is 2.43. The predicted molar refractivity (Wildman–Crippen MR) is 85.8 cm³/mol. The highest BCUT2D eigenvalue weighted by Crippen LogP contribution is 2.27. The van der Waals surface area contributed by atoms with Crippen LogP contribution >= 0.6 is 0 Å². The first-order valence-electron chi connectivity index (χ1n) is 7.93. The van der Waals surface area contributed by atoms with Crippen molar-refractivity contribution in [2.45, 2.75) is 52.5 Å². The number of rotatable bonds is 4. The summed E-state index contributed by atoms with van der Waals surface area (Å²) in [5.74, 6) is -0.115. The van der Waals surface area contributed by atoms with Crippen molar-refractivity contribution in [1.29, 1.82) is 0 Å². The molecule has 0 aliphatic carbocycles. The topological polar surface area (TPSA) is 52.2 Å². The fourth-order valence-electron chi connectivity index (χ4n) is 3.32. The number of likely N-dealkylation sites (tertiary alicyclic amines) is 1. The van der Waals surface area contributed by atoms with Gasteiger partial charge >= 0.3 is 0 Å². The van der Waals surface area contributed by atoms with Crippen molar-refractivity contribution in [3.8, 4) is 0 Å². The standard InChI is InChI=1S/C17H26N2O2/c1-4-11-19(21)12-6-5-10-15(19)17(20)18-16-13(2)8-7-9-14(16)3/h7-9,15H,4-6,10-12H2,1-3H3,(H,18,20)/t15-,19+/m0/s1. The molecule has 1 aromatic carbocycles. The molecule has 1 fully saturated rings. The number of nitrogens with one attached hydrogen (secondary N) is 1. The Hall–Kier alpha value is -1.39. The average molecular weight is 290 g/mol. The second-order valence-electron chi connectivity index (χ2n) is 6.17. The van der Waals surface area contributed by atoms with E-state index in [2.05, 4.69) is 5.32 Å². The van der Waals surface area contributed by atoms with Crippen LogP contribution in [0.1, 0.15) is 43.7 Å². The second kappa shape index (κ2) is 6.58. The molecule has 1 aliphatic rings. The summed E-state index contributed by atoms with van der Waals surface area (Å²) in [5, 5.41) is 15.9.